The lowest BCUT2D eigenvalue weighted by molar-refractivity contribution is 0.169. The molecule has 0 fully saturated rings. The molecule has 0 aliphatic rings. The first kappa shape index (κ1) is 13.0. The fourth-order valence-corrected chi connectivity index (χ4v) is 1.49. The van der Waals surface area contributed by atoms with Gasteiger partial charge in [0.1, 0.15) is 12.4 Å². The van der Waals surface area contributed by atoms with Crippen LogP contribution in [0.15, 0.2) is 24.3 Å². The Bertz CT molecular complexity index is 302. The summed E-state index contributed by atoms with van der Waals surface area (Å²) in [5, 5.41) is 3.32. The lowest BCUT2D eigenvalue weighted by Crippen LogP contribution is -2.33. The first-order valence-corrected chi connectivity index (χ1v) is 5.64. The van der Waals surface area contributed by atoms with Crippen molar-refractivity contribution in [3.8, 4) is 5.75 Å². The van der Waals surface area contributed by atoms with Crippen LogP contribution in [0, 0.1) is 6.92 Å². The van der Waals surface area contributed by atoms with Gasteiger partial charge in [-0.25, -0.2) is 0 Å². The Hall–Kier alpha value is -1.06. The van der Waals surface area contributed by atoms with Gasteiger partial charge in [-0.2, -0.15) is 0 Å². The zero-order valence-electron chi connectivity index (χ0n) is 10.3. The van der Waals surface area contributed by atoms with Crippen LogP contribution in [0.4, 0.5) is 0 Å². The largest absolute Gasteiger partial charge is 0.492 e. The number of nitrogens with one attached hydrogen (secondary N) is 1. The summed E-state index contributed by atoms with van der Waals surface area (Å²) in [6.07, 6.45) is 0. The molecule has 1 aromatic carbocycles. The molecule has 1 unspecified atom stereocenters. The van der Waals surface area contributed by atoms with Crippen LogP contribution >= 0.6 is 0 Å². The summed E-state index contributed by atoms with van der Waals surface area (Å²) in [5.74, 6) is 0.932. The third-order valence-electron chi connectivity index (χ3n) is 2.27. The first-order valence-electron chi connectivity index (χ1n) is 5.64. The zero-order valence-corrected chi connectivity index (χ0v) is 10.3. The van der Waals surface area contributed by atoms with Crippen LogP contribution in [0.3, 0.4) is 0 Å². The van der Waals surface area contributed by atoms with Crippen LogP contribution in [0.25, 0.3) is 0 Å². The maximum Gasteiger partial charge on any atom is 0.119 e. The highest BCUT2D eigenvalue weighted by Gasteiger charge is 1.99. The molecule has 0 aliphatic heterocycles. The van der Waals surface area contributed by atoms with Crippen LogP contribution in [-0.4, -0.2) is 32.9 Å². The van der Waals surface area contributed by atoms with Crippen molar-refractivity contribution in [2.75, 3.05) is 26.9 Å². The Morgan fingerprint density at radius 2 is 2.19 bits per heavy atom. The molecule has 0 aliphatic carbocycles. The van der Waals surface area contributed by atoms with E-state index in [1.807, 2.05) is 18.2 Å². The highest BCUT2D eigenvalue weighted by Crippen LogP contribution is 2.11. The molecule has 0 radical (unpaired) electrons. The molecule has 0 amide bonds. The Morgan fingerprint density at radius 1 is 1.38 bits per heavy atom. The van der Waals surface area contributed by atoms with Crippen molar-refractivity contribution >= 4 is 0 Å². The second kappa shape index (κ2) is 7.25. The van der Waals surface area contributed by atoms with E-state index in [2.05, 4.69) is 25.2 Å². The van der Waals surface area contributed by atoms with E-state index in [9.17, 15) is 0 Å². The summed E-state index contributed by atoms with van der Waals surface area (Å²) < 4.78 is 10.6. The molecular weight excluding hydrogens is 202 g/mol. The third kappa shape index (κ3) is 5.14. The van der Waals surface area contributed by atoms with Gasteiger partial charge in [-0.1, -0.05) is 12.1 Å². The van der Waals surface area contributed by atoms with Crippen molar-refractivity contribution in [2.24, 2.45) is 0 Å². The normalized spacial score (nSPS) is 12.4. The number of methoxy groups -OCH3 is 1. The van der Waals surface area contributed by atoms with Gasteiger partial charge in [-0.3, -0.25) is 0 Å². The van der Waals surface area contributed by atoms with E-state index in [0.29, 0.717) is 12.6 Å². The lowest BCUT2D eigenvalue weighted by atomic mass is 10.2. The fourth-order valence-electron chi connectivity index (χ4n) is 1.49. The van der Waals surface area contributed by atoms with Crippen LogP contribution in [0.5, 0.6) is 5.75 Å². The third-order valence-corrected chi connectivity index (χ3v) is 2.27. The van der Waals surface area contributed by atoms with Crippen molar-refractivity contribution in [3.05, 3.63) is 29.8 Å². The maximum atomic E-state index is 5.61. The monoisotopic (exact) mass is 223 g/mol. The SMILES string of the molecule is COCC(C)NCCOc1cccc(C)c1. The summed E-state index contributed by atoms with van der Waals surface area (Å²) in [7, 11) is 1.71. The topological polar surface area (TPSA) is 30.5 Å². The van der Waals surface area contributed by atoms with Gasteiger partial charge in [0.2, 0.25) is 0 Å². The van der Waals surface area contributed by atoms with Crippen LogP contribution < -0.4 is 10.1 Å². The van der Waals surface area contributed by atoms with E-state index in [0.717, 1.165) is 18.9 Å². The minimum absolute atomic E-state index is 0.367. The number of hydrogen-bond acceptors (Lipinski definition) is 3. The average Bonchev–Trinajstić information content (AvgIpc) is 2.25. The highest BCUT2D eigenvalue weighted by atomic mass is 16.5. The molecule has 0 bridgehead atoms. The zero-order chi connectivity index (χ0) is 11.8. The predicted molar refractivity (Wildman–Crippen MR) is 66.0 cm³/mol. The molecule has 16 heavy (non-hydrogen) atoms. The molecule has 90 valence electrons. The van der Waals surface area contributed by atoms with Crippen LogP contribution in [0.2, 0.25) is 0 Å². The molecular formula is C13H21NO2. The van der Waals surface area contributed by atoms with E-state index in [1.54, 1.807) is 7.11 Å². The summed E-state index contributed by atoms with van der Waals surface area (Å²) in [6.45, 7) is 6.39. The molecule has 0 spiro atoms. The van der Waals surface area contributed by atoms with E-state index < -0.39 is 0 Å². The second-order valence-electron chi connectivity index (χ2n) is 3.98. The Labute approximate surface area is 97.8 Å². The Kier molecular flexibility index (Phi) is 5.90. The van der Waals surface area contributed by atoms with Crippen molar-refractivity contribution < 1.29 is 9.47 Å². The standard InChI is InChI=1S/C13H21NO2/c1-11-5-4-6-13(9-11)16-8-7-14-12(2)10-15-3/h4-6,9,12,14H,7-8,10H2,1-3H3. The molecule has 3 nitrogen and oxygen atoms in total. The molecule has 1 rings (SSSR count). The van der Waals surface area contributed by atoms with E-state index in [4.69, 9.17) is 9.47 Å². The van der Waals surface area contributed by atoms with Crippen molar-refractivity contribution in [3.63, 3.8) is 0 Å². The maximum absolute atomic E-state index is 5.61. The Balaban J connectivity index is 2.16. The van der Waals surface area contributed by atoms with Gasteiger partial charge in [0.15, 0.2) is 0 Å². The molecule has 1 N–H and O–H groups in total. The number of ether oxygens (including phenoxy) is 2. The highest BCUT2D eigenvalue weighted by molar-refractivity contribution is 5.27. The molecule has 3 heteroatoms. The van der Waals surface area contributed by atoms with Crippen molar-refractivity contribution in [2.45, 2.75) is 19.9 Å². The number of benzene rings is 1. The number of rotatable bonds is 7. The minimum atomic E-state index is 0.367. The van der Waals surface area contributed by atoms with Crippen LogP contribution in [-0.2, 0) is 4.74 Å². The van der Waals surface area contributed by atoms with Crippen LogP contribution in [0.1, 0.15) is 12.5 Å². The van der Waals surface area contributed by atoms with E-state index >= 15 is 0 Å². The van der Waals surface area contributed by atoms with Gasteiger partial charge in [0, 0.05) is 19.7 Å². The number of hydrogen-bond donors (Lipinski definition) is 1. The Morgan fingerprint density at radius 3 is 2.88 bits per heavy atom. The van der Waals surface area contributed by atoms with Gasteiger partial charge in [0.25, 0.3) is 0 Å². The summed E-state index contributed by atoms with van der Waals surface area (Å²) in [4.78, 5) is 0. The molecule has 1 atom stereocenters. The number of aryl methyl sites for hydroxylation is 1. The van der Waals surface area contributed by atoms with Gasteiger partial charge in [-0.15, -0.1) is 0 Å². The second-order valence-corrected chi connectivity index (χ2v) is 3.98. The van der Waals surface area contributed by atoms with E-state index in [-0.39, 0.29) is 0 Å². The molecule has 0 saturated heterocycles. The van der Waals surface area contributed by atoms with Crippen molar-refractivity contribution in [1.29, 1.82) is 0 Å². The molecule has 1 aromatic rings. The molecule has 0 aromatic heterocycles. The summed E-state index contributed by atoms with van der Waals surface area (Å²) in [6, 6.07) is 8.45. The average molecular weight is 223 g/mol. The lowest BCUT2D eigenvalue weighted by Gasteiger charge is -2.13. The van der Waals surface area contributed by atoms with Gasteiger partial charge in [-0.05, 0) is 31.5 Å². The van der Waals surface area contributed by atoms with E-state index in [1.165, 1.54) is 5.56 Å². The van der Waals surface area contributed by atoms with Crippen molar-refractivity contribution in [1.82, 2.24) is 5.32 Å². The summed E-state index contributed by atoms with van der Waals surface area (Å²) >= 11 is 0. The quantitative estimate of drug-likeness (QED) is 0.717. The fraction of sp³-hybridized carbons (Fsp3) is 0.538. The predicted octanol–water partition coefficient (Wildman–Crippen LogP) is 2.00. The smallest absolute Gasteiger partial charge is 0.119 e. The van der Waals surface area contributed by atoms with Gasteiger partial charge in [0.05, 0.1) is 6.61 Å². The summed E-state index contributed by atoms with van der Waals surface area (Å²) in [5.41, 5.74) is 1.22. The first-order chi connectivity index (χ1) is 7.72. The van der Waals surface area contributed by atoms with Gasteiger partial charge < -0.3 is 14.8 Å². The molecule has 0 saturated carbocycles. The molecule has 0 heterocycles. The van der Waals surface area contributed by atoms with Gasteiger partial charge >= 0.3 is 0 Å². The minimum Gasteiger partial charge on any atom is -0.492 e.